The SMILES string of the molecule is COCC(NC(=O)c1ccc(-n2[nH]cc(-c3ccc(C#N)cc3C)c2=O)nc1)C(C)C. The van der Waals surface area contributed by atoms with Crippen LogP contribution in [0, 0.1) is 24.2 Å². The molecule has 0 aliphatic rings. The number of amides is 1. The zero-order chi connectivity index (χ0) is 22.5. The summed E-state index contributed by atoms with van der Waals surface area (Å²) in [6, 6.07) is 10.4. The molecule has 1 atom stereocenters. The minimum atomic E-state index is -0.266. The third-order valence-corrected chi connectivity index (χ3v) is 5.12. The topological polar surface area (TPSA) is 113 Å². The Bertz CT molecular complexity index is 1170. The first-order chi connectivity index (χ1) is 14.8. The molecule has 8 heteroatoms. The number of hydrogen-bond acceptors (Lipinski definition) is 5. The molecule has 160 valence electrons. The van der Waals surface area contributed by atoms with E-state index in [1.807, 2.05) is 20.8 Å². The number of methoxy groups -OCH3 is 1. The van der Waals surface area contributed by atoms with Gasteiger partial charge in [0.1, 0.15) is 0 Å². The number of aryl methyl sites for hydroxylation is 1. The average molecular weight is 419 g/mol. The van der Waals surface area contributed by atoms with E-state index in [4.69, 9.17) is 10.00 Å². The van der Waals surface area contributed by atoms with Crippen molar-refractivity contribution in [2.24, 2.45) is 5.92 Å². The van der Waals surface area contributed by atoms with Gasteiger partial charge in [0.05, 0.1) is 35.4 Å². The number of carbonyl (C=O) groups is 1. The maximum atomic E-state index is 12.9. The molecule has 2 heterocycles. The van der Waals surface area contributed by atoms with Gasteiger partial charge >= 0.3 is 0 Å². The number of hydrogen-bond donors (Lipinski definition) is 2. The Morgan fingerprint density at radius 3 is 2.65 bits per heavy atom. The summed E-state index contributed by atoms with van der Waals surface area (Å²) >= 11 is 0. The molecule has 3 aromatic rings. The Hall–Kier alpha value is -3.70. The third kappa shape index (κ3) is 4.73. The summed E-state index contributed by atoms with van der Waals surface area (Å²) in [4.78, 5) is 29.7. The van der Waals surface area contributed by atoms with Gasteiger partial charge in [0, 0.05) is 19.5 Å². The van der Waals surface area contributed by atoms with Crippen molar-refractivity contribution in [2.75, 3.05) is 13.7 Å². The normalized spacial score (nSPS) is 11.9. The smallest absolute Gasteiger partial charge is 0.280 e. The number of carbonyl (C=O) groups excluding carboxylic acids is 1. The van der Waals surface area contributed by atoms with Gasteiger partial charge in [0.15, 0.2) is 5.82 Å². The van der Waals surface area contributed by atoms with Crippen molar-refractivity contribution < 1.29 is 9.53 Å². The Kier molecular flexibility index (Phi) is 6.68. The molecule has 0 saturated carbocycles. The Morgan fingerprint density at radius 2 is 2.06 bits per heavy atom. The van der Waals surface area contributed by atoms with E-state index in [1.54, 1.807) is 43.6 Å². The molecular weight excluding hydrogens is 394 g/mol. The summed E-state index contributed by atoms with van der Waals surface area (Å²) in [5.74, 6) is 0.344. The van der Waals surface area contributed by atoms with Crippen LogP contribution >= 0.6 is 0 Å². The molecular formula is C23H25N5O3. The molecule has 2 aromatic heterocycles. The number of pyridine rings is 1. The number of nitriles is 1. The van der Waals surface area contributed by atoms with Crippen LogP contribution in [0.1, 0.15) is 35.3 Å². The fourth-order valence-electron chi connectivity index (χ4n) is 3.25. The van der Waals surface area contributed by atoms with E-state index in [1.165, 1.54) is 10.9 Å². The zero-order valence-electron chi connectivity index (χ0n) is 18.0. The highest BCUT2D eigenvalue weighted by atomic mass is 16.5. The number of benzene rings is 1. The predicted octanol–water partition coefficient (Wildman–Crippen LogP) is 2.81. The standard InChI is InChI=1S/C23H25N5O3/c1-14(2)20(13-31-4)27-22(29)17-6-8-21(25-11-17)28-23(30)19(12-26-28)18-7-5-16(10-24)9-15(18)3/h5-9,11-12,14,20,26H,13H2,1-4H3,(H,27,29). The summed E-state index contributed by atoms with van der Waals surface area (Å²) in [6.45, 7) is 6.29. The lowest BCUT2D eigenvalue weighted by Gasteiger charge is -2.21. The molecule has 0 aliphatic carbocycles. The second-order valence-corrected chi connectivity index (χ2v) is 7.65. The molecule has 0 saturated heterocycles. The van der Waals surface area contributed by atoms with Gasteiger partial charge in [-0.25, -0.2) is 9.67 Å². The van der Waals surface area contributed by atoms with Gasteiger partial charge in [0.25, 0.3) is 11.5 Å². The van der Waals surface area contributed by atoms with E-state index in [0.29, 0.717) is 29.1 Å². The monoisotopic (exact) mass is 419 g/mol. The highest BCUT2D eigenvalue weighted by Crippen LogP contribution is 2.21. The van der Waals surface area contributed by atoms with Crippen LogP contribution in [0.3, 0.4) is 0 Å². The number of nitrogens with zero attached hydrogens (tertiary/aromatic N) is 3. The van der Waals surface area contributed by atoms with Crippen molar-refractivity contribution in [1.82, 2.24) is 20.1 Å². The highest BCUT2D eigenvalue weighted by Gasteiger charge is 2.18. The highest BCUT2D eigenvalue weighted by molar-refractivity contribution is 5.94. The van der Waals surface area contributed by atoms with E-state index in [-0.39, 0.29) is 23.4 Å². The first-order valence-electron chi connectivity index (χ1n) is 9.93. The van der Waals surface area contributed by atoms with Crippen LogP contribution in [0.2, 0.25) is 0 Å². The van der Waals surface area contributed by atoms with Gasteiger partial charge in [-0.2, -0.15) is 5.26 Å². The van der Waals surface area contributed by atoms with Crippen molar-refractivity contribution >= 4 is 5.91 Å². The van der Waals surface area contributed by atoms with Gasteiger partial charge in [-0.15, -0.1) is 0 Å². The Balaban J connectivity index is 1.83. The van der Waals surface area contributed by atoms with Gasteiger partial charge < -0.3 is 10.1 Å². The lowest BCUT2D eigenvalue weighted by Crippen LogP contribution is -2.41. The molecule has 31 heavy (non-hydrogen) atoms. The van der Waals surface area contributed by atoms with Crippen LogP contribution in [0.4, 0.5) is 0 Å². The van der Waals surface area contributed by atoms with Crippen LogP contribution in [-0.4, -0.2) is 40.4 Å². The number of rotatable bonds is 7. The molecule has 0 fully saturated rings. The van der Waals surface area contributed by atoms with E-state index in [2.05, 4.69) is 21.5 Å². The quantitative estimate of drug-likeness (QED) is 0.611. The van der Waals surface area contributed by atoms with Crippen LogP contribution < -0.4 is 10.9 Å². The molecule has 0 aliphatic heterocycles. The van der Waals surface area contributed by atoms with Gasteiger partial charge in [0.2, 0.25) is 0 Å². The van der Waals surface area contributed by atoms with Crippen molar-refractivity contribution in [3.63, 3.8) is 0 Å². The van der Waals surface area contributed by atoms with E-state index in [0.717, 1.165) is 11.1 Å². The minimum absolute atomic E-state index is 0.110. The second-order valence-electron chi connectivity index (χ2n) is 7.65. The summed E-state index contributed by atoms with van der Waals surface area (Å²) in [6.07, 6.45) is 3.05. The summed E-state index contributed by atoms with van der Waals surface area (Å²) < 4.78 is 6.48. The van der Waals surface area contributed by atoms with Gasteiger partial charge in [-0.3, -0.25) is 14.7 Å². The first-order valence-corrected chi connectivity index (χ1v) is 9.93. The van der Waals surface area contributed by atoms with E-state index < -0.39 is 0 Å². The number of H-pyrrole nitrogens is 1. The van der Waals surface area contributed by atoms with Gasteiger partial charge in [-0.1, -0.05) is 19.9 Å². The fraction of sp³-hybridized carbons (Fsp3) is 0.304. The molecule has 1 unspecified atom stereocenters. The summed E-state index contributed by atoms with van der Waals surface area (Å²) in [7, 11) is 1.60. The summed E-state index contributed by atoms with van der Waals surface area (Å²) in [5, 5.41) is 14.9. The van der Waals surface area contributed by atoms with Crippen molar-refractivity contribution in [1.29, 1.82) is 5.26 Å². The second kappa shape index (κ2) is 9.41. The molecule has 1 amide bonds. The summed E-state index contributed by atoms with van der Waals surface area (Å²) in [5.41, 5.74) is 2.72. The lowest BCUT2D eigenvalue weighted by atomic mass is 10.0. The largest absolute Gasteiger partial charge is 0.383 e. The number of aromatic nitrogens is 3. The van der Waals surface area contributed by atoms with Crippen molar-refractivity contribution in [3.8, 4) is 23.0 Å². The average Bonchev–Trinajstić information content (AvgIpc) is 3.14. The molecule has 0 radical (unpaired) electrons. The van der Waals surface area contributed by atoms with Crippen LogP contribution in [0.5, 0.6) is 0 Å². The minimum Gasteiger partial charge on any atom is -0.383 e. The maximum Gasteiger partial charge on any atom is 0.280 e. The molecule has 0 spiro atoms. The van der Waals surface area contributed by atoms with Crippen molar-refractivity contribution in [2.45, 2.75) is 26.8 Å². The third-order valence-electron chi connectivity index (χ3n) is 5.12. The van der Waals surface area contributed by atoms with Crippen LogP contribution in [-0.2, 0) is 4.74 Å². The Labute approximate surface area is 180 Å². The van der Waals surface area contributed by atoms with E-state index in [9.17, 15) is 9.59 Å². The predicted molar refractivity (Wildman–Crippen MR) is 117 cm³/mol. The Morgan fingerprint density at radius 1 is 1.29 bits per heavy atom. The maximum absolute atomic E-state index is 12.9. The number of ether oxygens (including phenoxy) is 1. The first kappa shape index (κ1) is 22.0. The van der Waals surface area contributed by atoms with Crippen molar-refractivity contribution in [3.05, 3.63) is 69.8 Å². The zero-order valence-corrected chi connectivity index (χ0v) is 18.0. The molecule has 0 bridgehead atoms. The van der Waals surface area contributed by atoms with Crippen LogP contribution in [0.25, 0.3) is 16.9 Å². The molecule has 1 aromatic carbocycles. The molecule has 8 nitrogen and oxygen atoms in total. The van der Waals surface area contributed by atoms with Gasteiger partial charge in [-0.05, 0) is 48.2 Å². The number of nitrogens with one attached hydrogen (secondary N) is 2. The molecule has 2 N–H and O–H groups in total. The lowest BCUT2D eigenvalue weighted by molar-refractivity contribution is 0.0866. The fourth-order valence-corrected chi connectivity index (χ4v) is 3.25. The van der Waals surface area contributed by atoms with E-state index >= 15 is 0 Å². The number of aromatic amines is 1. The molecule has 3 rings (SSSR count). The van der Waals surface area contributed by atoms with Crippen LogP contribution in [0.15, 0.2) is 47.5 Å².